The van der Waals surface area contributed by atoms with Gasteiger partial charge in [0.2, 0.25) is 0 Å². The Morgan fingerprint density at radius 2 is 1.94 bits per heavy atom. The van der Waals surface area contributed by atoms with Gasteiger partial charge < -0.3 is 10.2 Å². The van der Waals surface area contributed by atoms with Gasteiger partial charge >= 0.3 is 0 Å². The molecule has 96 valence electrons. The van der Waals surface area contributed by atoms with Crippen LogP contribution in [0.5, 0.6) is 0 Å². The normalized spacial score (nSPS) is 28.3. The minimum Gasteiger partial charge on any atom is -0.317 e. The summed E-state index contributed by atoms with van der Waals surface area (Å²) in [6, 6.07) is 1.50. The zero-order valence-electron chi connectivity index (χ0n) is 11.6. The second-order valence-corrected chi connectivity index (χ2v) is 5.28. The Morgan fingerprint density at radius 1 is 1.25 bits per heavy atom. The van der Waals surface area contributed by atoms with Gasteiger partial charge in [-0.2, -0.15) is 0 Å². The van der Waals surface area contributed by atoms with Crippen LogP contribution in [0.1, 0.15) is 52.9 Å². The van der Waals surface area contributed by atoms with Crippen LogP contribution in [0, 0.1) is 5.92 Å². The molecule has 0 amide bonds. The fourth-order valence-electron chi connectivity index (χ4n) is 2.99. The second-order valence-electron chi connectivity index (χ2n) is 5.28. The maximum absolute atomic E-state index is 3.51. The minimum atomic E-state index is 0.740. The van der Waals surface area contributed by atoms with E-state index in [0.29, 0.717) is 0 Å². The van der Waals surface area contributed by atoms with Crippen molar-refractivity contribution in [1.29, 1.82) is 0 Å². The van der Waals surface area contributed by atoms with E-state index < -0.39 is 0 Å². The summed E-state index contributed by atoms with van der Waals surface area (Å²) in [6.07, 6.45) is 6.90. The predicted molar refractivity (Wildman–Crippen MR) is 71.8 cm³/mol. The molecular weight excluding hydrogens is 196 g/mol. The maximum Gasteiger partial charge on any atom is 0.0104 e. The van der Waals surface area contributed by atoms with E-state index in [1.807, 2.05) is 0 Å². The lowest BCUT2D eigenvalue weighted by molar-refractivity contribution is 0.141. The van der Waals surface area contributed by atoms with Gasteiger partial charge in [0, 0.05) is 18.6 Å². The molecule has 1 rings (SSSR count). The first-order chi connectivity index (χ1) is 7.72. The summed E-state index contributed by atoms with van der Waals surface area (Å²) in [4.78, 5) is 2.65. The SMILES string of the molecule is CCC(C)N(CC)CC1CCCCC1NC. The van der Waals surface area contributed by atoms with Crippen molar-refractivity contribution in [2.45, 2.75) is 65.0 Å². The van der Waals surface area contributed by atoms with Gasteiger partial charge in [-0.05, 0) is 45.7 Å². The van der Waals surface area contributed by atoms with Crippen molar-refractivity contribution in [3.8, 4) is 0 Å². The standard InChI is InChI=1S/C14H30N2/c1-5-12(3)16(6-2)11-13-9-7-8-10-14(13)15-4/h12-15H,5-11H2,1-4H3. The molecule has 0 aromatic heterocycles. The number of nitrogens with zero attached hydrogens (tertiary/aromatic N) is 1. The van der Waals surface area contributed by atoms with Crippen molar-refractivity contribution in [2.75, 3.05) is 20.1 Å². The fourth-order valence-corrected chi connectivity index (χ4v) is 2.99. The molecule has 0 spiro atoms. The topological polar surface area (TPSA) is 15.3 Å². The summed E-state index contributed by atoms with van der Waals surface area (Å²) in [5.41, 5.74) is 0. The van der Waals surface area contributed by atoms with Gasteiger partial charge in [-0.25, -0.2) is 0 Å². The van der Waals surface area contributed by atoms with E-state index in [1.54, 1.807) is 0 Å². The molecular formula is C14H30N2. The van der Waals surface area contributed by atoms with Gasteiger partial charge in [-0.3, -0.25) is 0 Å². The molecule has 1 fully saturated rings. The zero-order valence-corrected chi connectivity index (χ0v) is 11.6. The average molecular weight is 226 g/mol. The van der Waals surface area contributed by atoms with E-state index in [0.717, 1.165) is 18.0 Å². The molecule has 3 atom stereocenters. The van der Waals surface area contributed by atoms with E-state index in [-0.39, 0.29) is 0 Å². The first kappa shape index (κ1) is 14.0. The van der Waals surface area contributed by atoms with Crippen LogP contribution in [0.15, 0.2) is 0 Å². The third kappa shape index (κ3) is 3.74. The van der Waals surface area contributed by atoms with Crippen LogP contribution in [-0.2, 0) is 0 Å². The Kier molecular flexibility index (Phi) is 6.37. The summed E-state index contributed by atoms with van der Waals surface area (Å²) in [5.74, 6) is 0.868. The molecule has 2 heteroatoms. The molecule has 1 saturated carbocycles. The van der Waals surface area contributed by atoms with Gasteiger partial charge in [-0.1, -0.05) is 26.7 Å². The third-order valence-corrected chi connectivity index (χ3v) is 4.37. The highest BCUT2D eigenvalue weighted by molar-refractivity contribution is 4.83. The van der Waals surface area contributed by atoms with Crippen molar-refractivity contribution in [1.82, 2.24) is 10.2 Å². The first-order valence-corrected chi connectivity index (χ1v) is 7.14. The van der Waals surface area contributed by atoms with Crippen LogP contribution in [0.2, 0.25) is 0 Å². The van der Waals surface area contributed by atoms with E-state index >= 15 is 0 Å². The molecule has 1 aliphatic rings. The molecule has 1 N–H and O–H groups in total. The zero-order chi connectivity index (χ0) is 12.0. The lowest BCUT2D eigenvalue weighted by Crippen LogP contribution is -2.45. The van der Waals surface area contributed by atoms with E-state index in [2.05, 4.69) is 38.0 Å². The lowest BCUT2D eigenvalue weighted by atomic mass is 9.84. The average Bonchev–Trinajstić information content (AvgIpc) is 2.35. The summed E-state index contributed by atoms with van der Waals surface area (Å²) >= 11 is 0. The van der Waals surface area contributed by atoms with Gasteiger partial charge in [-0.15, -0.1) is 0 Å². The molecule has 16 heavy (non-hydrogen) atoms. The number of nitrogens with one attached hydrogen (secondary N) is 1. The Bertz CT molecular complexity index is 182. The van der Waals surface area contributed by atoms with Gasteiger partial charge in [0.15, 0.2) is 0 Å². The van der Waals surface area contributed by atoms with Crippen LogP contribution in [0.25, 0.3) is 0 Å². The fraction of sp³-hybridized carbons (Fsp3) is 1.00. The summed E-state index contributed by atoms with van der Waals surface area (Å²) in [6.45, 7) is 9.44. The van der Waals surface area contributed by atoms with Crippen molar-refractivity contribution in [3.63, 3.8) is 0 Å². The molecule has 3 unspecified atom stereocenters. The Labute approximate surface area is 102 Å². The first-order valence-electron chi connectivity index (χ1n) is 7.14. The minimum absolute atomic E-state index is 0.740. The highest BCUT2D eigenvalue weighted by Gasteiger charge is 2.26. The van der Waals surface area contributed by atoms with Crippen LogP contribution >= 0.6 is 0 Å². The van der Waals surface area contributed by atoms with Crippen LogP contribution in [0.4, 0.5) is 0 Å². The van der Waals surface area contributed by atoms with Crippen LogP contribution in [0.3, 0.4) is 0 Å². The van der Waals surface area contributed by atoms with Gasteiger partial charge in [0.05, 0.1) is 0 Å². The molecule has 0 saturated heterocycles. The summed E-state index contributed by atoms with van der Waals surface area (Å²) in [5, 5.41) is 3.51. The lowest BCUT2D eigenvalue weighted by Gasteiger charge is -2.37. The quantitative estimate of drug-likeness (QED) is 0.749. The Morgan fingerprint density at radius 3 is 2.50 bits per heavy atom. The van der Waals surface area contributed by atoms with Crippen LogP contribution < -0.4 is 5.32 Å². The van der Waals surface area contributed by atoms with Gasteiger partial charge in [0.1, 0.15) is 0 Å². The Balaban J connectivity index is 2.48. The molecule has 0 aromatic carbocycles. The largest absolute Gasteiger partial charge is 0.317 e. The predicted octanol–water partition coefficient (Wildman–Crippen LogP) is 2.89. The summed E-state index contributed by atoms with van der Waals surface area (Å²) < 4.78 is 0. The number of rotatable bonds is 6. The second kappa shape index (κ2) is 7.29. The van der Waals surface area contributed by atoms with Crippen molar-refractivity contribution < 1.29 is 0 Å². The molecule has 0 bridgehead atoms. The van der Waals surface area contributed by atoms with Crippen LogP contribution in [-0.4, -0.2) is 37.1 Å². The molecule has 1 aliphatic carbocycles. The third-order valence-electron chi connectivity index (χ3n) is 4.37. The van der Waals surface area contributed by atoms with Crippen molar-refractivity contribution in [3.05, 3.63) is 0 Å². The summed E-state index contributed by atoms with van der Waals surface area (Å²) in [7, 11) is 2.13. The highest BCUT2D eigenvalue weighted by atomic mass is 15.1. The van der Waals surface area contributed by atoms with Gasteiger partial charge in [0.25, 0.3) is 0 Å². The Hall–Kier alpha value is -0.0800. The van der Waals surface area contributed by atoms with E-state index in [1.165, 1.54) is 45.2 Å². The highest BCUT2D eigenvalue weighted by Crippen LogP contribution is 2.25. The maximum atomic E-state index is 3.51. The van der Waals surface area contributed by atoms with E-state index in [4.69, 9.17) is 0 Å². The smallest absolute Gasteiger partial charge is 0.0104 e. The van der Waals surface area contributed by atoms with Crippen molar-refractivity contribution >= 4 is 0 Å². The molecule has 0 aromatic rings. The van der Waals surface area contributed by atoms with E-state index in [9.17, 15) is 0 Å². The number of hydrogen-bond donors (Lipinski definition) is 1. The number of hydrogen-bond acceptors (Lipinski definition) is 2. The van der Waals surface area contributed by atoms with Crippen molar-refractivity contribution in [2.24, 2.45) is 5.92 Å². The molecule has 0 heterocycles. The monoisotopic (exact) mass is 226 g/mol. The molecule has 0 aliphatic heterocycles. The molecule has 0 radical (unpaired) electrons. The molecule has 2 nitrogen and oxygen atoms in total.